The molecule has 0 atom stereocenters. The number of nitrogens with one attached hydrogen (secondary N) is 2. The van der Waals surface area contributed by atoms with Crippen molar-refractivity contribution in [3.8, 4) is 11.5 Å². The minimum absolute atomic E-state index is 0.251. The summed E-state index contributed by atoms with van der Waals surface area (Å²) in [5.41, 5.74) is 2.11. The predicted molar refractivity (Wildman–Crippen MR) is 107 cm³/mol. The van der Waals surface area contributed by atoms with E-state index in [2.05, 4.69) is 20.6 Å². The van der Waals surface area contributed by atoms with Gasteiger partial charge in [-0.2, -0.15) is 0 Å². The number of benzene rings is 2. The second kappa shape index (κ2) is 9.36. The number of hydrogen-bond donors (Lipinski definition) is 2. The molecule has 0 saturated heterocycles. The molecule has 2 N–H and O–H groups in total. The van der Waals surface area contributed by atoms with Crippen LogP contribution in [-0.4, -0.2) is 29.6 Å². The van der Waals surface area contributed by atoms with E-state index in [1.165, 1.54) is 12.4 Å². The van der Waals surface area contributed by atoms with Crippen molar-refractivity contribution in [2.75, 3.05) is 19.0 Å². The van der Waals surface area contributed by atoms with Gasteiger partial charge in [-0.05, 0) is 37.3 Å². The van der Waals surface area contributed by atoms with Gasteiger partial charge in [0, 0.05) is 30.2 Å². The van der Waals surface area contributed by atoms with Gasteiger partial charge in [0.25, 0.3) is 5.91 Å². The van der Waals surface area contributed by atoms with E-state index in [0.717, 1.165) is 22.7 Å². The quantitative estimate of drug-likeness (QED) is 0.623. The predicted octanol–water partition coefficient (Wildman–Crippen LogP) is 3.56. The zero-order valence-electron chi connectivity index (χ0n) is 15.8. The lowest BCUT2D eigenvalue weighted by Crippen LogP contribution is -2.23. The van der Waals surface area contributed by atoms with Crippen molar-refractivity contribution in [1.29, 1.82) is 0 Å². The van der Waals surface area contributed by atoms with Crippen LogP contribution in [-0.2, 0) is 6.54 Å². The first-order valence-electron chi connectivity index (χ1n) is 8.91. The molecule has 7 nitrogen and oxygen atoms in total. The molecule has 0 aliphatic rings. The highest BCUT2D eigenvalue weighted by molar-refractivity contribution is 5.93. The molecule has 0 spiro atoms. The molecule has 1 aromatic heterocycles. The zero-order chi connectivity index (χ0) is 19.8. The SMILES string of the molecule is CCOc1ccc(Nc2ncc(C(=O)NCc3ccccc3OC)cn2)cc1. The fourth-order valence-corrected chi connectivity index (χ4v) is 2.57. The van der Waals surface area contributed by atoms with Crippen LogP contribution in [0.15, 0.2) is 60.9 Å². The van der Waals surface area contributed by atoms with E-state index in [9.17, 15) is 4.79 Å². The maximum Gasteiger partial charge on any atom is 0.254 e. The molecule has 0 aliphatic carbocycles. The summed E-state index contributed by atoms with van der Waals surface area (Å²) < 4.78 is 10.7. The molecule has 2 aromatic carbocycles. The van der Waals surface area contributed by atoms with Crippen molar-refractivity contribution in [2.45, 2.75) is 13.5 Å². The normalized spacial score (nSPS) is 10.2. The summed E-state index contributed by atoms with van der Waals surface area (Å²) in [6.07, 6.45) is 2.98. The molecule has 1 heterocycles. The second-order valence-electron chi connectivity index (χ2n) is 5.87. The lowest BCUT2D eigenvalue weighted by Gasteiger charge is -2.10. The maximum atomic E-state index is 12.3. The van der Waals surface area contributed by atoms with Crippen molar-refractivity contribution in [3.63, 3.8) is 0 Å². The van der Waals surface area contributed by atoms with Gasteiger partial charge in [0.15, 0.2) is 0 Å². The Labute approximate surface area is 163 Å². The van der Waals surface area contributed by atoms with Crippen molar-refractivity contribution in [2.24, 2.45) is 0 Å². The Balaban J connectivity index is 1.58. The number of para-hydroxylation sites is 1. The maximum absolute atomic E-state index is 12.3. The number of nitrogens with zero attached hydrogens (tertiary/aromatic N) is 2. The topological polar surface area (TPSA) is 85.4 Å². The molecule has 3 aromatic rings. The molecule has 3 rings (SSSR count). The summed E-state index contributed by atoms with van der Waals surface area (Å²) in [5, 5.41) is 5.93. The average molecular weight is 378 g/mol. The number of hydrogen-bond acceptors (Lipinski definition) is 6. The van der Waals surface area contributed by atoms with Gasteiger partial charge in [-0.25, -0.2) is 9.97 Å². The van der Waals surface area contributed by atoms with Crippen LogP contribution in [0.1, 0.15) is 22.8 Å². The minimum atomic E-state index is -0.251. The van der Waals surface area contributed by atoms with Gasteiger partial charge < -0.3 is 20.1 Å². The third kappa shape index (κ3) is 4.97. The summed E-state index contributed by atoms with van der Waals surface area (Å²) in [7, 11) is 1.60. The molecule has 1 amide bonds. The van der Waals surface area contributed by atoms with Crippen LogP contribution < -0.4 is 20.1 Å². The Bertz CT molecular complexity index is 912. The van der Waals surface area contributed by atoms with Crippen LogP contribution in [0.4, 0.5) is 11.6 Å². The molecule has 0 radical (unpaired) electrons. The number of carbonyl (C=O) groups is 1. The number of anilines is 2. The highest BCUT2D eigenvalue weighted by Crippen LogP contribution is 2.19. The molecule has 0 saturated carbocycles. The highest BCUT2D eigenvalue weighted by Gasteiger charge is 2.09. The van der Waals surface area contributed by atoms with E-state index in [1.54, 1.807) is 7.11 Å². The first-order valence-corrected chi connectivity index (χ1v) is 8.91. The standard InChI is InChI=1S/C21H22N4O3/c1-3-28-18-10-8-17(9-11-18)25-21-23-13-16(14-24-21)20(26)22-12-15-6-4-5-7-19(15)27-2/h4-11,13-14H,3,12H2,1-2H3,(H,22,26)(H,23,24,25). The molecular formula is C21H22N4O3. The fraction of sp³-hybridized carbons (Fsp3) is 0.190. The van der Waals surface area contributed by atoms with Crippen LogP contribution >= 0.6 is 0 Å². The summed E-state index contributed by atoms with van der Waals surface area (Å²) in [5.74, 6) is 1.69. The summed E-state index contributed by atoms with van der Waals surface area (Å²) in [6, 6.07) is 15.0. The van der Waals surface area contributed by atoms with Gasteiger partial charge in [-0.3, -0.25) is 4.79 Å². The number of ether oxygens (including phenoxy) is 2. The van der Waals surface area contributed by atoms with Gasteiger partial charge >= 0.3 is 0 Å². The van der Waals surface area contributed by atoms with E-state index < -0.39 is 0 Å². The number of amides is 1. The van der Waals surface area contributed by atoms with Gasteiger partial charge in [-0.1, -0.05) is 18.2 Å². The Morgan fingerprint density at radius 3 is 2.43 bits per heavy atom. The molecule has 144 valence electrons. The summed E-state index contributed by atoms with van der Waals surface area (Å²) >= 11 is 0. The van der Waals surface area contributed by atoms with Crippen LogP contribution in [0.3, 0.4) is 0 Å². The van der Waals surface area contributed by atoms with Crippen molar-refractivity contribution >= 4 is 17.5 Å². The lowest BCUT2D eigenvalue weighted by molar-refractivity contribution is 0.0950. The third-order valence-corrected chi connectivity index (χ3v) is 3.97. The zero-order valence-corrected chi connectivity index (χ0v) is 15.8. The number of aromatic nitrogens is 2. The first-order chi connectivity index (χ1) is 13.7. The molecule has 0 bridgehead atoms. The fourth-order valence-electron chi connectivity index (χ4n) is 2.57. The molecule has 0 unspecified atom stereocenters. The Morgan fingerprint density at radius 1 is 1.04 bits per heavy atom. The lowest BCUT2D eigenvalue weighted by atomic mass is 10.2. The van der Waals surface area contributed by atoms with E-state index >= 15 is 0 Å². The summed E-state index contributed by atoms with van der Waals surface area (Å²) in [6.45, 7) is 2.92. The molecular weight excluding hydrogens is 356 g/mol. The van der Waals surface area contributed by atoms with Crippen LogP contribution in [0, 0.1) is 0 Å². The van der Waals surface area contributed by atoms with Gasteiger partial charge in [-0.15, -0.1) is 0 Å². The smallest absolute Gasteiger partial charge is 0.254 e. The molecule has 28 heavy (non-hydrogen) atoms. The number of rotatable bonds is 8. The minimum Gasteiger partial charge on any atom is -0.496 e. The second-order valence-corrected chi connectivity index (χ2v) is 5.87. The van der Waals surface area contributed by atoms with Crippen molar-refractivity contribution in [3.05, 3.63) is 72.1 Å². The van der Waals surface area contributed by atoms with Crippen molar-refractivity contribution in [1.82, 2.24) is 15.3 Å². The number of carbonyl (C=O) groups excluding carboxylic acids is 1. The number of methoxy groups -OCH3 is 1. The van der Waals surface area contributed by atoms with Gasteiger partial charge in [0.2, 0.25) is 5.95 Å². The summed E-state index contributed by atoms with van der Waals surface area (Å²) in [4.78, 5) is 20.7. The highest BCUT2D eigenvalue weighted by atomic mass is 16.5. The first kappa shape index (κ1) is 19.2. The van der Waals surface area contributed by atoms with E-state index in [4.69, 9.17) is 9.47 Å². The van der Waals surface area contributed by atoms with E-state index in [-0.39, 0.29) is 5.91 Å². The molecule has 7 heteroatoms. The van der Waals surface area contributed by atoms with Gasteiger partial charge in [0.05, 0.1) is 19.3 Å². The Morgan fingerprint density at radius 2 is 1.75 bits per heavy atom. The Hall–Kier alpha value is -3.61. The van der Waals surface area contributed by atoms with Gasteiger partial charge in [0.1, 0.15) is 11.5 Å². The van der Waals surface area contributed by atoms with Crippen molar-refractivity contribution < 1.29 is 14.3 Å². The van der Waals surface area contributed by atoms with Crippen LogP contribution in [0.2, 0.25) is 0 Å². The van der Waals surface area contributed by atoms with E-state index in [1.807, 2.05) is 55.5 Å². The largest absolute Gasteiger partial charge is 0.496 e. The molecule has 0 aliphatic heterocycles. The molecule has 0 fully saturated rings. The Kier molecular flexibility index (Phi) is 6.41. The third-order valence-electron chi connectivity index (χ3n) is 3.97. The monoisotopic (exact) mass is 378 g/mol. The van der Waals surface area contributed by atoms with E-state index in [0.29, 0.717) is 24.7 Å². The van der Waals surface area contributed by atoms with Crippen LogP contribution in [0.25, 0.3) is 0 Å². The average Bonchev–Trinajstić information content (AvgIpc) is 2.74. The van der Waals surface area contributed by atoms with Crippen LogP contribution in [0.5, 0.6) is 11.5 Å².